The van der Waals surface area contributed by atoms with E-state index in [1.54, 1.807) is 20.9 Å². The molecule has 0 atom stereocenters. The number of nitrogens with two attached hydrogens (primary N) is 1. The van der Waals surface area contributed by atoms with Crippen LogP contribution in [0.1, 0.15) is 13.8 Å². The molecular weight excluding hydrogens is 240 g/mol. The van der Waals surface area contributed by atoms with Gasteiger partial charge in [0.05, 0.1) is 0 Å². The molecule has 0 aliphatic carbocycles. The van der Waals surface area contributed by atoms with E-state index >= 15 is 0 Å². The van der Waals surface area contributed by atoms with Gasteiger partial charge in [0.2, 0.25) is 10.0 Å². The zero-order valence-electron chi connectivity index (χ0n) is 10.3. The molecule has 17 heavy (non-hydrogen) atoms. The molecular formula is C10H18N4O2S. The maximum Gasteiger partial charge on any atom is 0.248 e. The fraction of sp³-hybridized carbons (Fsp3) is 0.500. The number of hydrogen-bond donors (Lipinski definition) is 1. The SMILES string of the molecule is C=C(C)CN(CC)S(=O)(=O)c1cn(C)nc1N. The maximum absolute atomic E-state index is 12.3. The van der Waals surface area contributed by atoms with Gasteiger partial charge >= 0.3 is 0 Å². The van der Waals surface area contributed by atoms with Crippen molar-refractivity contribution in [2.75, 3.05) is 18.8 Å². The van der Waals surface area contributed by atoms with E-state index in [0.29, 0.717) is 6.54 Å². The lowest BCUT2D eigenvalue weighted by atomic mass is 10.3. The Hall–Kier alpha value is -1.34. The summed E-state index contributed by atoms with van der Waals surface area (Å²) in [5.74, 6) is 0.0210. The van der Waals surface area contributed by atoms with Crippen molar-refractivity contribution in [3.8, 4) is 0 Å². The topological polar surface area (TPSA) is 81.2 Å². The van der Waals surface area contributed by atoms with Crippen LogP contribution < -0.4 is 5.73 Å². The zero-order chi connectivity index (χ0) is 13.2. The van der Waals surface area contributed by atoms with Gasteiger partial charge in [-0.2, -0.15) is 9.40 Å². The first-order valence-electron chi connectivity index (χ1n) is 5.22. The van der Waals surface area contributed by atoms with Crippen molar-refractivity contribution in [2.45, 2.75) is 18.7 Å². The van der Waals surface area contributed by atoms with Crippen LogP contribution in [0.2, 0.25) is 0 Å². The number of nitrogen functional groups attached to an aromatic ring is 1. The van der Waals surface area contributed by atoms with Gasteiger partial charge in [-0.05, 0) is 6.92 Å². The lowest BCUT2D eigenvalue weighted by molar-refractivity contribution is 0.453. The van der Waals surface area contributed by atoms with Gasteiger partial charge in [0.15, 0.2) is 5.82 Å². The Morgan fingerprint density at radius 3 is 2.59 bits per heavy atom. The second-order valence-electron chi connectivity index (χ2n) is 3.94. The van der Waals surface area contributed by atoms with Crippen molar-refractivity contribution in [3.05, 3.63) is 18.3 Å². The summed E-state index contributed by atoms with van der Waals surface area (Å²) in [7, 11) is -1.96. The molecule has 7 heteroatoms. The van der Waals surface area contributed by atoms with Gasteiger partial charge in [0, 0.05) is 26.3 Å². The molecule has 6 nitrogen and oxygen atoms in total. The average Bonchev–Trinajstić information content (AvgIpc) is 2.54. The number of aromatic nitrogens is 2. The van der Waals surface area contributed by atoms with E-state index in [1.165, 1.54) is 15.2 Å². The summed E-state index contributed by atoms with van der Waals surface area (Å²) in [5.41, 5.74) is 6.37. The Bertz CT molecular complexity index is 518. The summed E-state index contributed by atoms with van der Waals surface area (Å²) in [6.45, 7) is 7.92. The summed E-state index contributed by atoms with van der Waals surface area (Å²) in [4.78, 5) is 0.0445. The first kappa shape index (κ1) is 13.7. The van der Waals surface area contributed by atoms with Crippen LogP contribution in [0.15, 0.2) is 23.2 Å². The predicted molar refractivity (Wildman–Crippen MR) is 66.9 cm³/mol. The Balaban J connectivity index is 3.17. The first-order valence-corrected chi connectivity index (χ1v) is 6.66. The largest absolute Gasteiger partial charge is 0.381 e. The highest BCUT2D eigenvalue weighted by Crippen LogP contribution is 2.21. The van der Waals surface area contributed by atoms with Gasteiger partial charge in [-0.15, -0.1) is 0 Å². The fourth-order valence-corrected chi connectivity index (χ4v) is 3.09. The molecule has 0 saturated heterocycles. The normalized spacial score (nSPS) is 12.0. The third-order valence-corrected chi connectivity index (χ3v) is 4.18. The molecule has 0 aromatic carbocycles. The Morgan fingerprint density at radius 1 is 1.65 bits per heavy atom. The van der Waals surface area contributed by atoms with Gasteiger partial charge in [0.1, 0.15) is 4.90 Å². The quantitative estimate of drug-likeness (QED) is 0.784. The third kappa shape index (κ3) is 2.86. The second-order valence-corrected chi connectivity index (χ2v) is 5.85. The highest BCUT2D eigenvalue weighted by atomic mass is 32.2. The molecule has 2 N–H and O–H groups in total. The van der Waals surface area contributed by atoms with E-state index in [0.717, 1.165) is 5.57 Å². The molecule has 1 aromatic heterocycles. The van der Waals surface area contributed by atoms with Crippen molar-refractivity contribution in [2.24, 2.45) is 7.05 Å². The molecule has 1 heterocycles. The molecule has 0 aliphatic heterocycles. The summed E-state index contributed by atoms with van der Waals surface area (Å²) in [6.07, 6.45) is 1.41. The van der Waals surface area contributed by atoms with Crippen molar-refractivity contribution in [3.63, 3.8) is 0 Å². The molecule has 96 valence electrons. The number of rotatable bonds is 5. The van der Waals surface area contributed by atoms with Crippen molar-refractivity contribution in [1.82, 2.24) is 14.1 Å². The lowest BCUT2D eigenvalue weighted by Gasteiger charge is -2.19. The molecule has 0 aliphatic rings. The minimum absolute atomic E-state index is 0.0210. The molecule has 0 fully saturated rings. The van der Waals surface area contributed by atoms with Gasteiger partial charge < -0.3 is 5.73 Å². The number of nitrogens with zero attached hydrogens (tertiary/aromatic N) is 3. The molecule has 0 saturated carbocycles. The molecule has 0 amide bonds. The van der Waals surface area contributed by atoms with Crippen LogP contribution in [0.4, 0.5) is 5.82 Å². The first-order chi connectivity index (χ1) is 7.78. The Morgan fingerprint density at radius 2 is 2.24 bits per heavy atom. The van der Waals surface area contributed by atoms with E-state index in [9.17, 15) is 8.42 Å². The lowest BCUT2D eigenvalue weighted by Crippen LogP contribution is -2.32. The van der Waals surface area contributed by atoms with Crippen molar-refractivity contribution >= 4 is 15.8 Å². The van der Waals surface area contributed by atoms with Gasteiger partial charge in [-0.3, -0.25) is 4.68 Å². The van der Waals surface area contributed by atoms with Crippen LogP contribution in [-0.2, 0) is 17.1 Å². The highest BCUT2D eigenvalue weighted by Gasteiger charge is 2.27. The molecule has 1 rings (SSSR count). The van der Waals surface area contributed by atoms with E-state index < -0.39 is 10.0 Å². The Labute approximate surface area is 102 Å². The molecule has 0 bridgehead atoms. The van der Waals surface area contributed by atoms with E-state index in [-0.39, 0.29) is 17.3 Å². The maximum atomic E-state index is 12.3. The summed E-state index contributed by atoms with van der Waals surface area (Å²) >= 11 is 0. The molecule has 1 aromatic rings. The molecule has 0 spiro atoms. The smallest absolute Gasteiger partial charge is 0.248 e. The number of hydrogen-bond acceptors (Lipinski definition) is 4. The monoisotopic (exact) mass is 258 g/mol. The number of likely N-dealkylation sites (N-methyl/N-ethyl adjacent to an activating group) is 1. The minimum Gasteiger partial charge on any atom is -0.381 e. The molecule has 0 radical (unpaired) electrons. The standard InChI is InChI=1S/C10H18N4O2S/c1-5-14(6-8(2)3)17(15,16)9-7-13(4)12-10(9)11/h7H,2,5-6H2,1,3-4H3,(H2,11,12). The van der Waals surface area contributed by atoms with Crippen molar-refractivity contribution in [1.29, 1.82) is 0 Å². The summed E-state index contributed by atoms with van der Waals surface area (Å²) in [6, 6.07) is 0. The van der Waals surface area contributed by atoms with Crippen LogP contribution in [0.25, 0.3) is 0 Å². The number of aryl methyl sites for hydroxylation is 1. The van der Waals surface area contributed by atoms with Crippen LogP contribution in [0.3, 0.4) is 0 Å². The van der Waals surface area contributed by atoms with E-state index in [4.69, 9.17) is 5.73 Å². The van der Waals surface area contributed by atoms with Gasteiger partial charge in [0.25, 0.3) is 0 Å². The minimum atomic E-state index is -3.59. The fourth-order valence-electron chi connectivity index (χ4n) is 1.49. The van der Waals surface area contributed by atoms with Crippen LogP contribution in [0, 0.1) is 0 Å². The average molecular weight is 258 g/mol. The predicted octanol–water partition coefficient (Wildman–Crippen LogP) is 0.589. The molecule has 0 unspecified atom stereocenters. The van der Waals surface area contributed by atoms with Crippen molar-refractivity contribution < 1.29 is 8.42 Å². The van der Waals surface area contributed by atoms with Crippen LogP contribution in [0.5, 0.6) is 0 Å². The van der Waals surface area contributed by atoms with Gasteiger partial charge in [-0.25, -0.2) is 8.42 Å². The Kier molecular flexibility index (Phi) is 3.94. The third-order valence-electron chi connectivity index (χ3n) is 2.24. The number of sulfonamides is 1. The van der Waals surface area contributed by atoms with E-state index in [2.05, 4.69) is 11.7 Å². The van der Waals surface area contributed by atoms with Gasteiger partial charge in [-0.1, -0.05) is 19.1 Å². The van der Waals surface area contributed by atoms with Crippen LogP contribution in [-0.4, -0.2) is 35.6 Å². The number of anilines is 1. The van der Waals surface area contributed by atoms with E-state index in [1.807, 2.05) is 0 Å². The van der Waals surface area contributed by atoms with Crippen LogP contribution >= 0.6 is 0 Å². The second kappa shape index (κ2) is 4.89. The highest BCUT2D eigenvalue weighted by molar-refractivity contribution is 7.89. The zero-order valence-corrected chi connectivity index (χ0v) is 11.2. The summed E-state index contributed by atoms with van der Waals surface area (Å²) < 4.78 is 27.3. The summed E-state index contributed by atoms with van der Waals surface area (Å²) in [5, 5.41) is 3.84.